The van der Waals surface area contributed by atoms with Crippen molar-refractivity contribution in [2.45, 2.75) is 51.7 Å². The smallest absolute Gasteiger partial charge is 0.0774 e. The van der Waals surface area contributed by atoms with E-state index in [2.05, 4.69) is 53.3 Å². The minimum atomic E-state index is -0.505. The van der Waals surface area contributed by atoms with Crippen LogP contribution in [0.5, 0.6) is 0 Å². The van der Waals surface area contributed by atoms with E-state index in [1.165, 1.54) is 17.5 Å². The van der Waals surface area contributed by atoms with Gasteiger partial charge >= 0.3 is 0 Å². The molecule has 1 aliphatic rings. The highest BCUT2D eigenvalue weighted by atomic mass is 79.9. The second kappa shape index (κ2) is 6.38. The lowest BCUT2D eigenvalue weighted by molar-refractivity contribution is -0.0119. The molecule has 19 heavy (non-hydrogen) atoms. The fourth-order valence-electron chi connectivity index (χ4n) is 3.02. The lowest BCUT2D eigenvalue weighted by Crippen LogP contribution is -2.43. The van der Waals surface area contributed by atoms with E-state index in [-0.39, 0.29) is 0 Å². The lowest BCUT2D eigenvalue weighted by atomic mass is 9.79. The molecule has 2 rings (SSSR count). The number of hydrogen-bond acceptors (Lipinski definition) is 2. The second-order valence-electron chi connectivity index (χ2n) is 6.12. The van der Waals surface area contributed by atoms with Crippen molar-refractivity contribution in [1.82, 2.24) is 5.32 Å². The van der Waals surface area contributed by atoms with E-state index in [1.807, 2.05) is 0 Å². The molecule has 1 aromatic rings. The molecule has 1 aliphatic carbocycles. The van der Waals surface area contributed by atoms with Crippen LogP contribution < -0.4 is 5.32 Å². The summed E-state index contributed by atoms with van der Waals surface area (Å²) in [6.45, 7) is 5.82. The predicted molar refractivity (Wildman–Crippen MR) is 83.2 cm³/mol. The third-order valence-corrected chi connectivity index (χ3v) is 4.78. The van der Waals surface area contributed by atoms with Gasteiger partial charge in [-0.05, 0) is 42.9 Å². The first-order valence-electron chi connectivity index (χ1n) is 7.17. The van der Waals surface area contributed by atoms with Gasteiger partial charge in [-0.1, -0.05) is 47.8 Å². The van der Waals surface area contributed by atoms with Crippen molar-refractivity contribution >= 4 is 15.9 Å². The Morgan fingerprint density at radius 2 is 2.26 bits per heavy atom. The van der Waals surface area contributed by atoms with Crippen molar-refractivity contribution in [2.75, 3.05) is 6.54 Å². The number of benzene rings is 1. The van der Waals surface area contributed by atoms with Crippen LogP contribution in [0, 0.1) is 12.8 Å². The summed E-state index contributed by atoms with van der Waals surface area (Å²) in [6.07, 6.45) is 4.26. The quantitative estimate of drug-likeness (QED) is 0.882. The molecule has 2 atom stereocenters. The topological polar surface area (TPSA) is 32.3 Å². The Kier molecular flexibility index (Phi) is 5.04. The van der Waals surface area contributed by atoms with Gasteiger partial charge in [-0.3, -0.25) is 0 Å². The highest BCUT2D eigenvalue weighted by Gasteiger charge is 2.31. The molecule has 0 heterocycles. The molecule has 0 spiro atoms. The molecule has 2 N–H and O–H groups in total. The summed E-state index contributed by atoms with van der Waals surface area (Å²) >= 11 is 3.59. The van der Waals surface area contributed by atoms with Crippen molar-refractivity contribution in [1.29, 1.82) is 0 Å². The molecule has 1 fully saturated rings. The van der Waals surface area contributed by atoms with Gasteiger partial charge in [0, 0.05) is 17.6 Å². The summed E-state index contributed by atoms with van der Waals surface area (Å²) in [5, 5.41) is 14.0. The molecular formula is C16H24BrNO. The molecule has 2 unspecified atom stereocenters. The van der Waals surface area contributed by atoms with Crippen LogP contribution in [0.3, 0.4) is 0 Å². The summed E-state index contributed by atoms with van der Waals surface area (Å²) in [4.78, 5) is 0. The number of nitrogens with one attached hydrogen (secondary N) is 1. The highest BCUT2D eigenvalue weighted by Crippen LogP contribution is 2.31. The zero-order chi connectivity index (χ0) is 13.9. The first-order valence-corrected chi connectivity index (χ1v) is 7.96. The number of aliphatic hydroxyl groups is 1. The molecule has 0 bridgehead atoms. The van der Waals surface area contributed by atoms with Crippen LogP contribution in [0.4, 0.5) is 0 Å². The number of halogens is 1. The van der Waals surface area contributed by atoms with Crippen molar-refractivity contribution in [3.63, 3.8) is 0 Å². The molecule has 106 valence electrons. The maximum atomic E-state index is 10.6. The van der Waals surface area contributed by atoms with E-state index in [4.69, 9.17) is 0 Å². The highest BCUT2D eigenvalue weighted by molar-refractivity contribution is 9.10. The first kappa shape index (κ1) is 15.0. The monoisotopic (exact) mass is 325 g/mol. The van der Waals surface area contributed by atoms with Gasteiger partial charge in [0.25, 0.3) is 0 Å². The largest absolute Gasteiger partial charge is 0.389 e. The molecular weight excluding hydrogens is 302 g/mol. The first-order chi connectivity index (χ1) is 8.98. The Hall–Kier alpha value is -0.380. The fraction of sp³-hybridized carbons (Fsp3) is 0.625. The van der Waals surface area contributed by atoms with Crippen LogP contribution in [0.2, 0.25) is 0 Å². The fourth-order valence-corrected chi connectivity index (χ4v) is 3.65. The van der Waals surface area contributed by atoms with E-state index in [9.17, 15) is 5.11 Å². The zero-order valence-corrected chi connectivity index (χ0v) is 13.5. The molecule has 1 aromatic carbocycles. The molecule has 3 heteroatoms. The van der Waals surface area contributed by atoms with Gasteiger partial charge in [0.1, 0.15) is 0 Å². The maximum Gasteiger partial charge on any atom is 0.0774 e. The van der Waals surface area contributed by atoms with Crippen molar-refractivity contribution in [3.8, 4) is 0 Å². The zero-order valence-electron chi connectivity index (χ0n) is 11.9. The van der Waals surface area contributed by atoms with Gasteiger partial charge < -0.3 is 10.4 Å². The van der Waals surface area contributed by atoms with E-state index < -0.39 is 5.60 Å². The normalized spacial score (nSPS) is 27.5. The van der Waals surface area contributed by atoms with Gasteiger partial charge in [-0.15, -0.1) is 0 Å². The van der Waals surface area contributed by atoms with Gasteiger partial charge in [-0.25, -0.2) is 0 Å². The van der Waals surface area contributed by atoms with Crippen LogP contribution in [-0.2, 0) is 6.54 Å². The number of aryl methyl sites for hydroxylation is 1. The van der Waals surface area contributed by atoms with E-state index in [0.29, 0.717) is 12.5 Å². The molecule has 0 amide bonds. The third kappa shape index (κ3) is 4.30. The Balaban J connectivity index is 1.85. The minimum absolute atomic E-state index is 0.505. The van der Waals surface area contributed by atoms with Gasteiger partial charge in [0.2, 0.25) is 0 Å². The van der Waals surface area contributed by atoms with Gasteiger partial charge in [0.15, 0.2) is 0 Å². The minimum Gasteiger partial charge on any atom is -0.389 e. The Bertz CT molecular complexity index is 435. The molecule has 0 radical (unpaired) electrons. The molecule has 1 saturated carbocycles. The van der Waals surface area contributed by atoms with Crippen molar-refractivity contribution < 1.29 is 5.11 Å². The van der Waals surface area contributed by atoms with E-state index >= 15 is 0 Å². The van der Waals surface area contributed by atoms with Crippen LogP contribution in [0.25, 0.3) is 0 Å². The lowest BCUT2D eigenvalue weighted by Gasteiger charge is -2.35. The van der Waals surface area contributed by atoms with Gasteiger partial charge in [-0.2, -0.15) is 0 Å². The second-order valence-corrected chi connectivity index (χ2v) is 6.98. The summed E-state index contributed by atoms with van der Waals surface area (Å²) in [5.74, 6) is 0.645. The van der Waals surface area contributed by atoms with Crippen molar-refractivity contribution in [2.24, 2.45) is 5.92 Å². The van der Waals surface area contributed by atoms with Crippen LogP contribution in [0.15, 0.2) is 22.7 Å². The Morgan fingerprint density at radius 1 is 1.47 bits per heavy atom. The SMILES string of the molecule is Cc1ccc(CNCC2(O)CCCC(C)C2)c(Br)c1. The average Bonchev–Trinajstić information content (AvgIpc) is 2.31. The number of rotatable bonds is 4. The average molecular weight is 326 g/mol. The molecule has 0 aliphatic heterocycles. The summed E-state index contributed by atoms with van der Waals surface area (Å²) in [5.41, 5.74) is 2.00. The third-order valence-electron chi connectivity index (χ3n) is 4.05. The van der Waals surface area contributed by atoms with Crippen LogP contribution in [0.1, 0.15) is 43.7 Å². The molecule has 0 aromatic heterocycles. The standard InChI is InChI=1S/C16H24BrNO/c1-12-5-6-14(15(17)8-12)10-18-11-16(19)7-3-4-13(2)9-16/h5-6,8,13,18-19H,3-4,7,9-11H2,1-2H3. The Morgan fingerprint density at radius 3 is 2.95 bits per heavy atom. The van der Waals surface area contributed by atoms with E-state index in [1.54, 1.807) is 0 Å². The van der Waals surface area contributed by atoms with Crippen LogP contribution >= 0.6 is 15.9 Å². The Labute approximate surface area is 124 Å². The molecule has 0 saturated heterocycles. The summed E-state index contributed by atoms with van der Waals surface area (Å²) in [7, 11) is 0. The summed E-state index contributed by atoms with van der Waals surface area (Å²) in [6, 6.07) is 6.40. The molecule has 2 nitrogen and oxygen atoms in total. The maximum absolute atomic E-state index is 10.6. The number of hydrogen-bond donors (Lipinski definition) is 2. The predicted octanol–water partition coefficient (Wildman–Crippen LogP) is 3.79. The van der Waals surface area contributed by atoms with E-state index in [0.717, 1.165) is 30.3 Å². The van der Waals surface area contributed by atoms with Crippen LogP contribution in [-0.4, -0.2) is 17.3 Å². The van der Waals surface area contributed by atoms with Crippen molar-refractivity contribution in [3.05, 3.63) is 33.8 Å². The van der Waals surface area contributed by atoms with Gasteiger partial charge in [0.05, 0.1) is 5.60 Å². The summed E-state index contributed by atoms with van der Waals surface area (Å²) < 4.78 is 1.14.